The molecule has 4 heteroatoms. The first kappa shape index (κ1) is 10.1. The van der Waals surface area contributed by atoms with E-state index in [0.717, 1.165) is 5.69 Å². The van der Waals surface area contributed by atoms with Crippen LogP contribution < -0.4 is 5.32 Å². The second-order valence-corrected chi connectivity index (χ2v) is 4.47. The van der Waals surface area contributed by atoms with Crippen molar-refractivity contribution < 1.29 is 9.90 Å². The number of fused-ring (bicyclic) bond motifs is 1. The molecule has 0 saturated carbocycles. The lowest BCUT2D eigenvalue weighted by Gasteiger charge is -2.31. The predicted molar refractivity (Wildman–Crippen MR) is 55.4 cm³/mol. The normalized spacial score (nSPS) is 18.2. The van der Waals surface area contributed by atoms with E-state index in [-0.39, 0.29) is 18.1 Å². The van der Waals surface area contributed by atoms with Crippen LogP contribution in [0.4, 0.5) is 0 Å². The molecule has 80 valence electrons. The first-order valence-corrected chi connectivity index (χ1v) is 4.94. The molecule has 0 bridgehead atoms. The number of hydrogen-bond donors (Lipinski definition) is 2. The minimum absolute atomic E-state index is 0.0850. The number of hydrogen-bond acceptors (Lipinski definition) is 3. The van der Waals surface area contributed by atoms with Crippen LogP contribution in [0.3, 0.4) is 0 Å². The van der Waals surface area contributed by atoms with Crippen LogP contribution in [0.15, 0.2) is 12.1 Å². The molecule has 2 heterocycles. The van der Waals surface area contributed by atoms with Gasteiger partial charge in [0, 0.05) is 12.0 Å². The van der Waals surface area contributed by atoms with Gasteiger partial charge in [-0.2, -0.15) is 0 Å². The summed E-state index contributed by atoms with van der Waals surface area (Å²) in [6, 6.07) is 3.40. The Labute approximate surface area is 88.3 Å². The monoisotopic (exact) mass is 206 g/mol. The first-order valence-electron chi connectivity index (χ1n) is 4.94. The number of pyridine rings is 1. The number of amides is 1. The molecular weight excluding hydrogens is 192 g/mol. The summed E-state index contributed by atoms with van der Waals surface area (Å²) in [7, 11) is 0. The fraction of sp³-hybridized carbons (Fsp3) is 0.455. The van der Waals surface area contributed by atoms with Crippen molar-refractivity contribution >= 4 is 5.91 Å². The van der Waals surface area contributed by atoms with E-state index in [9.17, 15) is 4.79 Å². The van der Waals surface area contributed by atoms with Crippen LogP contribution in [-0.4, -0.2) is 21.5 Å². The van der Waals surface area contributed by atoms with Gasteiger partial charge in [-0.3, -0.25) is 9.78 Å². The van der Waals surface area contributed by atoms with Gasteiger partial charge in [-0.25, -0.2) is 0 Å². The van der Waals surface area contributed by atoms with Gasteiger partial charge >= 0.3 is 0 Å². The van der Waals surface area contributed by atoms with Crippen LogP contribution in [-0.2, 0) is 13.0 Å². The van der Waals surface area contributed by atoms with E-state index in [1.807, 2.05) is 13.8 Å². The van der Waals surface area contributed by atoms with Crippen molar-refractivity contribution in [3.63, 3.8) is 0 Å². The molecule has 1 aliphatic heterocycles. The Morgan fingerprint density at radius 1 is 1.53 bits per heavy atom. The number of carbonyl (C=O) groups excluding carboxylic acids is 1. The van der Waals surface area contributed by atoms with Gasteiger partial charge in [0.05, 0.1) is 23.6 Å². The number of aliphatic hydroxyl groups is 1. The number of rotatable bonds is 1. The zero-order valence-corrected chi connectivity index (χ0v) is 8.87. The van der Waals surface area contributed by atoms with Crippen molar-refractivity contribution in [3.8, 4) is 0 Å². The average molecular weight is 206 g/mol. The van der Waals surface area contributed by atoms with E-state index < -0.39 is 0 Å². The van der Waals surface area contributed by atoms with Crippen molar-refractivity contribution in [1.29, 1.82) is 0 Å². The average Bonchev–Trinajstić information content (AvgIpc) is 2.14. The first-order chi connectivity index (χ1) is 7.02. The van der Waals surface area contributed by atoms with Gasteiger partial charge in [0.2, 0.25) is 0 Å². The fourth-order valence-electron chi connectivity index (χ4n) is 1.81. The number of carbonyl (C=O) groups is 1. The van der Waals surface area contributed by atoms with Gasteiger partial charge in [-0.1, -0.05) is 0 Å². The molecule has 1 aromatic heterocycles. The van der Waals surface area contributed by atoms with Crippen LogP contribution >= 0.6 is 0 Å². The lowest BCUT2D eigenvalue weighted by Crippen LogP contribution is -2.49. The van der Waals surface area contributed by atoms with Crippen LogP contribution in [0, 0.1) is 0 Å². The Balaban J connectivity index is 2.46. The molecule has 1 amide bonds. The third-order valence-electron chi connectivity index (χ3n) is 2.50. The molecule has 0 aromatic carbocycles. The van der Waals surface area contributed by atoms with E-state index in [0.29, 0.717) is 17.7 Å². The van der Waals surface area contributed by atoms with E-state index in [1.165, 1.54) is 0 Å². The molecule has 2 rings (SSSR count). The van der Waals surface area contributed by atoms with Crippen molar-refractivity contribution in [2.24, 2.45) is 0 Å². The summed E-state index contributed by atoms with van der Waals surface area (Å²) in [4.78, 5) is 16.0. The summed E-state index contributed by atoms with van der Waals surface area (Å²) in [5, 5.41) is 11.9. The predicted octanol–water partition coefficient (Wildman–Crippen LogP) is 0.638. The third kappa shape index (κ3) is 1.85. The SMILES string of the molecule is CC1(C)Cc2nc(CO)ccc2C(=O)N1. The van der Waals surface area contributed by atoms with Crippen LogP contribution in [0.1, 0.15) is 35.6 Å². The van der Waals surface area contributed by atoms with Crippen LogP contribution in [0.25, 0.3) is 0 Å². The zero-order valence-electron chi connectivity index (χ0n) is 8.87. The maximum absolute atomic E-state index is 11.7. The smallest absolute Gasteiger partial charge is 0.253 e. The van der Waals surface area contributed by atoms with Gasteiger partial charge in [-0.15, -0.1) is 0 Å². The van der Waals surface area contributed by atoms with Gasteiger partial charge in [0.25, 0.3) is 5.91 Å². The summed E-state index contributed by atoms with van der Waals surface area (Å²) in [6.07, 6.45) is 0.696. The van der Waals surface area contributed by atoms with Gasteiger partial charge in [0.15, 0.2) is 0 Å². The standard InChI is InChI=1S/C11H14N2O2/c1-11(2)5-9-8(10(15)13-11)4-3-7(6-14)12-9/h3-4,14H,5-6H2,1-2H3,(H,13,15). The molecule has 2 N–H and O–H groups in total. The summed E-state index contributed by atoms with van der Waals surface area (Å²) < 4.78 is 0. The Hall–Kier alpha value is -1.42. The maximum Gasteiger partial charge on any atom is 0.253 e. The van der Waals surface area contributed by atoms with Crippen molar-refractivity contribution in [3.05, 3.63) is 29.1 Å². The summed E-state index contributed by atoms with van der Waals surface area (Å²) in [6.45, 7) is 3.83. The van der Waals surface area contributed by atoms with E-state index >= 15 is 0 Å². The zero-order chi connectivity index (χ0) is 11.1. The van der Waals surface area contributed by atoms with E-state index in [2.05, 4.69) is 10.3 Å². The summed E-state index contributed by atoms with van der Waals surface area (Å²) in [5.41, 5.74) is 1.74. The number of nitrogens with one attached hydrogen (secondary N) is 1. The Morgan fingerprint density at radius 3 is 2.93 bits per heavy atom. The minimum Gasteiger partial charge on any atom is -0.390 e. The molecule has 0 spiro atoms. The highest BCUT2D eigenvalue weighted by atomic mass is 16.3. The highest BCUT2D eigenvalue weighted by Gasteiger charge is 2.30. The summed E-state index contributed by atoms with van der Waals surface area (Å²) >= 11 is 0. The molecule has 0 aliphatic carbocycles. The third-order valence-corrected chi connectivity index (χ3v) is 2.50. The summed E-state index contributed by atoms with van der Waals surface area (Å²) in [5.74, 6) is -0.0850. The Kier molecular flexibility index (Phi) is 2.23. The molecule has 0 saturated heterocycles. The quantitative estimate of drug-likeness (QED) is 0.708. The highest BCUT2D eigenvalue weighted by Crippen LogP contribution is 2.21. The van der Waals surface area contributed by atoms with E-state index in [1.54, 1.807) is 12.1 Å². The molecule has 4 nitrogen and oxygen atoms in total. The number of aromatic nitrogens is 1. The van der Waals surface area contributed by atoms with E-state index in [4.69, 9.17) is 5.11 Å². The molecule has 1 aliphatic rings. The molecule has 15 heavy (non-hydrogen) atoms. The molecular formula is C11H14N2O2. The second kappa shape index (κ2) is 3.31. The Bertz CT molecular complexity index is 413. The van der Waals surface area contributed by atoms with Crippen molar-refractivity contribution in [1.82, 2.24) is 10.3 Å². The molecule has 0 fully saturated rings. The molecule has 1 aromatic rings. The Morgan fingerprint density at radius 2 is 2.27 bits per heavy atom. The van der Waals surface area contributed by atoms with Crippen LogP contribution in [0.5, 0.6) is 0 Å². The lowest BCUT2D eigenvalue weighted by molar-refractivity contribution is 0.0894. The van der Waals surface area contributed by atoms with Gasteiger partial charge < -0.3 is 10.4 Å². The van der Waals surface area contributed by atoms with Crippen molar-refractivity contribution in [2.45, 2.75) is 32.4 Å². The van der Waals surface area contributed by atoms with Gasteiger partial charge in [-0.05, 0) is 26.0 Å². The second-order valence-electron chi connectivity index (χ2n) is 4.47. The molecule has 0 atom stereocenters. The van der Waals surface area contributed by atoms with Crippen molar-refractivity contribution in [2.75, 3.05) is 0 Å². The van der Waals surface area contributed by atoms with Crippen LogP contribution in [0.2, 0.25) is 0 Å². The maximum atomic E-state index is 11.7. The fourth-order valence-corrected chi connectivity index (χ4v) is 1.81. The molecule has 0 unspecified atom stereocenters. The molecule has 0 radical (unpaired) electrons. The lowest BCUT2D eigenvalue weighted by atomic mass is 9.90. The topological polar surface area (TPSA) is 62.2 Å². The van der Waals surface area contributed by atoms with Gasteiger partial charge in [0.1, 0.15) is 0 Å². The number of nitrogens with zero attached hydrogens (tertiary/aromatic N) is 1. The number of aliphatic hydroxyl groups excluding tert-OH is 1. The largest absolute Gasteiger partial charge is 0.390 e. The minimum atomic E-state index is -0.259. The highest BCUT2D eigenvalue weighted by molar-refractivity contribution is 5.96.